The highest BCUT2D eigenvalue weighted by atomic mass is 16.2. The second kappa shape index (κ2) is 5.17. The third-order valence-electron chi connectivity index (χ3n) is 3.08. The topological polar surface area (TPSA) is 51.1 Å². The van der Waals surface area contributed by atoms with Crippen LogP contribution in [0.5, 0.6) is 0 Å². The lowest BCUT2D eigenvalue weighted by Crippen LogP contribution is -2.38. The van der Waals surface area contributed by atoms with Gasteiger partial charge in [-0.1, -0.05) is 6.92 Å². The lowest BCUT2D eigenvalue weighted by atomic mass is 10.1. The van der Waals surface area contributed by atoms with Gasteiger partial charge in [-0.3, -0.25) is 9.59 Å². The molecule has 0 fully saturated rings. The van der Waals surface area contributed by atoms with Crippen molar-refractivity contribution in [2.75, 3.05) is 0 Å². The maximum absolute atomic E-state index is 12.0. The average Bonchev–Trinajstić information content (AvgIpc) is 2.25. The molecule has 1 rings (SSSR count). The van der Waals surface area contributed by atoms with Gasteiger partial charge in [0.05, 0.1) is 0 Å². The van der Waals surface area contributed by atoms with Crippen molar-refractivity contribution in [3.8, 4) is 0 Å². The van der Waals surface area contributed by atoms with E-state index in [-0.39, 0.29) is 23.1 Å². The summed E-state index contributed by atoms with van der Waals surface area (Å²) in [5.74, 6) is -0.280. The normalized spacial score (nSPS) is 12.3. The van der Waals surface area contributed by atoms with Gasteiger partial charge in [-0.15, -0.1) is 0 Å². The van der Waals surface area contributed by atoms with E-state index in [1.54, 1.807) is 14.0 Å². The number of amides is 1. The third-order valence-corrected chi connectivity index (χ3v) is 3.08. The maximum Gasteiger partial charge on any atom is 0.263 e. The molecule has 94 valence electrons. The monoisotopic (exact) mass is 236 g/mol. The van der Waals surface area contributed by atoms with Gasteiger partial charge in [0.1, 0.15) is 5.56 Å². The summed E-state index contributed by atoms with van der Waals surface area (Å²) >= 11 is 0. The van der Waals surface area contributed by atoms with Crippen molar-refractivity contribution in [3.63, 3.8) is 0 Å². The van der Waals surface area contributed by atoms with E-state index in [9.17, 15) is 9.59 Å². The number of carbonyl (C=O) groups excluding carboxylic acids is 1. The molecule has 0 spiro atoms. The molecule has 1 atom stereocenters. The van der Waals surface area contributed by atoms with Crippen LogP contribution in [0.3, 0.4) is 0 Å². The van der Waals surface area contributed by atoms with Crippen LogP contribution < -0.4 is 10.9 Å². The van der Waals surface area contributed by atoms with Crippen LogP contribution in [0.15, 0.2) is 10.9 Å². The molecule has 1 aromatic rings. The number of rotatable bonds is 3. The molecular weight excluding hydrogens is 216 g/mol. The lowest BCUT2D eigenvalue weighted by Gasteiger charge is -2.14. The van der Waals surface area contributed by atoms with Gasteiger partial charge in [-0.05, 0) is 38.8 Å². The summed E-state index contributed by atoms with van der Waals surface area (Å²) < 4.78 is 1.50. The van der Waals surface area contributed by atoms with Gasteiger partial charge in [0, 0.05) is 18.8 Å². The smallest absolute Gasteiger partial charge is 0.263 e. The summed E-state index contributed by atoms with van der Waals surface area (Å²) in [5, 5.41) is 2.82. The first-order valence-electron chi connectivity index (χ1n) is 5.86. The number of pyridine rings is 1. The Labute approximate surface area is 102 Å². The molecule has 0 aliphatic rings. The highest BCUT2D eigenvalue weighted by Crippen LogP contribution is 2.06. The molecular formula is C13H20N2O2. The van der Waals surface area contributed by atoms with Gasteiger partial charge in [-0.2, -0.15) is 0 Å². The first kappa shape index (κ1) is 13.5. The van der Waals surface area contributed by atoms with Crippen LogP contribution in [0.2, 0.25) is 0 Å². The molecule has 0 saturated carbocycles. The summed E-state index contributed by atoms with van der Waals surface area (Å²) in [7, 11) is 1.68. The van der Waals surface area contributed by atoms with E-state index in [0.717, 1.165) is 17.7 Å². The quantitative estimate of drug-likeness (QED) is 0.865. The SMILES string of the molecule is CCC(C)NC(=O)c1c(C)cc(C)n(C)c1=O. The van der Waals surface area contributed by atoms with E-state index in [1.807, 2.05) is 26.8 Å². The second-order valence-electron chi connectivity index (χ2n) is 4.49. The summed E-state index contributed by atoms with van der Waals surface area (Å²) in [6.45, 7) is 7.56. The van der Waals surface area contributed by atoms with Crippen molar-refractivity contribution in [3.05, 3.63) is 33.2 Å². The number of hydrogen-bond donors (Lipinski definition) is 1. The Kier molecular flexibility index (Phi) is 4.10. The van der Waals surface area contributed by atoms with Crippen LogP contribution >= 0.6 is 0 Å². The average molecular weight is 236 g/mol. The molecule has 1 N–H and O–H groups in total. The zero-order chi connectivity index (χ0) is 13.2. The van der Waals surface area contributed by atoms with Crippen molar-refractivity contribution in [1.82, 2.24) is 9.88 Å². The Morgan fingerprint density at radius 3 is 2.59 bits per heavy atom. The van der Waals surface area contributed by atoms with Crippen molar-refractivity contribution >= 4 is 5.91 Å². The molecule has 4 nitrogen and oxygen atoms in total. The Balaban J connectivity index is 3.19. The molecule has 17 heavy (non-hydrogen) atoms. The first-order valence-corrected chi connectivity index (χ1v) is 5.86. The fourth-order valence-corrected chi connectivity index (χ4v) is 1.65. The summed E-state index contributed by atoms with van der Waals surface area (Å²) in [6, 6.07) is 1.93. The summed E-state index contributed by atoms with van der Waals surface area (Å²) in [5.41, 5.74) is 1.60. The molecule has 0 aromatic carbocycles. The first-order chi connectivity index (χ1) is 7.88. The van der Waals surface area contributed by atoms with E-state index in [4.69, 9.17) is 0 Å². The van der Waals surface area contributed by atoms with E-state index >= 15 is 0 Å². The van der Waals surface area contributed by atoms with Crippen molar-refractivity contribution < 1.29 is 4.79 Å². The fourth-order valence-electron chi connectivity index (χ4n) is 1.65. The molecule has 1 aromatic heterocycles. The molecule has 0 bridgehead atoms. The standard InChI is InChI=1S/C13H20N2O2/c1-6-9(3)14-12(16)11-8(2)7-10(4)15(5)13(11)17/h7,9H,6H2,1-5H3,(H,14,16). The van der Waals surface area contributed by atoms with Gasteiger partial charge in [0.2, 0.25) is 0 Å². The second-order valence-corrected chi connectivity index (χ2v) is 4.49. The Hall–Kier alpha value is -1.58. The lowest BCUT2D eigenvalue weighted by molar-refractivity contribution is 0.0936. The van der Waals surface area contributed by atoms with Crippen LogP contribution in [-0.2, 0) is 7.05 Å². The molecule has 1 amide bonds. The predicted octanol–water partition coefficient (Wildman–Crippen LogP) is 1.53. The Bertz CT molecular complexity index is 489. The van der Waals surface area contributed by atoms with Crippen LogP contribution in [0.25, 0.3) is 0 Å². The Morgan fingerprint density at radius 1 is 1.47 bits per heavy atom. The maximum atomic E-state index is 12.0. The number of nitrogens with one attached hydrogen (secondary N) is 1. The molecule has 0 aliphatic carbocycles. The summed E-state index contributed by atoms with van der Waals surface area (Å²) in [6.07, 6.45) is 0.844. The van der Waals surface area contributed by atoms with E-state index in [1.165, 1.54) is 4.57 Å². The number of nitrogens with zero attached hydrogens (tertiary/aromatic N) is 1. The number of aryl methyl sites for hydroxylation is 2. The highest BCUT2D eigenvalue weighted by Gasteiger charge is 2.17. The van der Waals surface area contributed by atoms with Crippen LogP contribution in [0.4, 0.5) is 0 Å². The Morgan fingerprint density at radius 2 is 2.06 bits per heavy atom. The molecule has 0 radical (unpaired) electrons. The zero-order valence-electron chi connectivity index (χ0n) is 11.1. The minimum Gasteiger partial charge on any atom is -0.349 e. The number of carbonyl (C=O) groups is 1. The van der Waals surface area contributed by atoms with Gasteiger partial charge < -0.3 is 9.88 Å². The minimum absolute atomic E-state index is 0.0768. The van der Waals surface area contributed by atoms with Crippen molar-refractivity contribution in [1.29, 1.82) is 0 Å². The molecule has 4 heteroatoms. The van der Waals surface area contributed by atoms with Crippen LogP contribution in [0.1, 0.15) is 41.9 Å². The van der Waals surface area contributed by atoms with E-state index < -0.39 is 0 Å². The molecule has 0 saturated heterocycles. The fraction of sp³-hybridized carbons (Fsp3) is 0.538. The summed E-state index contributed by atoms with van der Waals surface area (Å²) in [4.78, 5) is 24.0. The number of aromatic nitrogens is 1. The molecule has 1 heterocycles. The highest BCUT2D eigenvalue weighted by molar-refractivity contribution is 5.95. The van der Waals surface area contributed by atoms with Gasteiger partial charge in [-0.25, -0.2) is 0 Å². The van der Waals surface area contributed by atoms with Crippen molar-refractivity contribution in [2.45, 2.75) is 40.2 Å². The minimum atomic E-state index is -0.280. The van der Waals surface area contributed by atoms with Crippen molar-refractivity contribution in [2.24, 2.45) is 7.05 Å². The van der Waals surface area contributed by atoms with Gasteiger partial charge >= 0.3 is 0 Å². The van der Waals surface area contributed by atoms with Crippen LogP contribution in [0, 0.1) is 13.8 Å². The molecule has 1 unspecified atom stereocenters. The number of hydrogen-bond acceptors (Lipinski definition) is 2. The zero-order valence-corrected chi connectivity index (χ0v) is 11.1. The van der Waals surface area contributed by atoms with E-state index in [2.05, 4.69) is 5.32 Å². The van der Waals surface area contributed by atoms with E-state index in [0.29, 0.717) is 0 Å². The molecule has 0 aliphatic heterocycles. The third kappa shape index (κ3) is 2.75. The van der Waals surface area contributed by atoms with Gasteiger partial charge in [0.15, 0.2) is 0 Å². The van der Waals surface area contributed by atoms with Gasteiger partial charge in [0.25, 0.3) is 11.5 Å². The van der Waals surface area contributed by atoms with Crippen LogP contribution in [-0.4, -0.2) is 16.5 Å². The predicted molar refractivity (Wildman–Crippen MR) is 68.4 cm³/mol. The largest absolute Gasteiger partial charge is 0.349 e.